The maximum atomic E-state index is 12.1. The van der Waals surface area contributed by atoms with E-state index in [1.165, 1.54) is 0 Å². The number of furan rings is 1. The summed E-state index contributed by atoms with van der Waals surface area (Å²) in [5.74, 6) is 1.53. The van der Waals surface area contributed by atoms with E-state index in [0.717, 1.165) is 37.9 Å². The summed E-state index contributed by atoms with van der Waals surface area (Å²) in [5, 5.41) is 2.96. The molecule has 7 heteroatoms. The molecule has 1 aliphatic heterocycles. The Labute approximate surface area is 135 Å². The number of amides is 1. The van der Waals surface area contributed by atoms with E-state index >= 15 is 0 Å². The summed E-state index contributed by atoms with van der Waals surface area (Å²) in [6.07, 6.45) is 5.11. The highest BCUT2D eigenvalue weighted by Crippen LogP contribution is 2.12. The number of nitrogens with zero attached hydrogens (tertiary/aromatic N) is 4. The van der Waals surface area contributed by atoms with Gasteiger partial charge < -0.3 is 14.6 Å². The molecule has 0 aliphatic carbocycles. The summed E-state index contributed by atoms with van der Waals surface area (Å²) in [5.41, 5.74) is 0. The monoisotopic (exact) mass is 315 g/mol. The zero-order valence-corrected chi connectivity index (χ0v) is 13.2. The summed E-state index contributed by atoms with van der Waals surface area (Å²) in [7, 11) is 0. The zero-order valence-electron chi connectivity index (χ0n) is 13.2. The molecule has 3 rings (SSSR count). The average Bonchev–Trinajstić information content (AvgIpc) is 3.11. The number of anilines is 1. The van der Waals surface area contributed by atoms with Gasteiger partial charge in [0.05, 0.1) is 18.8 Å². The van der Waals surface area contributed by atoms with E-state index in [4.69, 9.17) is 4.42 Å². The van der Waals surface area contributed by atoms with Crippen LogP contribution in [0, 0.1) is 0 Å². The number of hydrogen-bond acceptors (Lipinski definition) is 6. The largest absolute Gasteiger partial charge is 0.467 e. The fraction of sp³-hybridized carbons (Fsp3) is 0.438. The van der Waals surface area contributed by atoms with Gasteiger partial charge in [-0.05, 0) is 25.1 Å². The van der Waals surface area contributed by atoms with Crippen LogP contribution in [0.25, 0.3) is 0 Å². The highest BCUT2D eigenvalue weighted by atomic mass is 16.3. The Kier molecular flexibility index (Phi) is 4.87. The first-order valence-corrected chi connectivity index (χ1v) is 7.79. The van der Waals surface area contributed by atoms with Gasteiger partial charge in [0.2, 0.25) is 11.9 Å². The fourth-order valence-corrected chi connectivity index (χ4v) is 2.66. The Balaban J connectivity index is 1.44. The van der Waals surface area contributed by atoms with Crippen molar-refractivity contribution in [3.8, 4) is 0 Å². The standard InChI is InChI=1S/C16H21N5O2/c1-13(14-4-2-11-23-14)19-15(22)12-20-7-9-21(10-8-20)16-17-5-3-6-18-16/h2-6,11,13H,7-10,12H2,1H3,(H,19,22)/t13-/m0/s1. The first-order valence-electron chi connectivity index (χ1n) is 7.79. The molecule has 0 radical (unpaired) electrons. The summed E-state index contributed by atoms with van der Waals surface area (Å²) in [4.78, 5) is 24.9. The van der Waals surface area contributed by atoms with Crippen molar-refractivity contribution in [2.45, 2.75) is 13.0 Å². The Morgan fingerprint density at radius 2 is 2.00 bits per heavy atom. The summed E-state index contributed by atoms with van der Waals surface area (Å²) in [6, 6.07) is 5.38. The zero-order chi connectivity index (χ0) is 16.1. The van der Waals surface area contributed by atoms with Crippen molar-refractivity contribution in [1.29, 1.82) is 0 Å². The maximum absolute atomic E-state index is 12.1. The van der Waals surface area contributed by atoms with E-state index in [1.54, 1.807) is 18.7 Å². The van der Waals surface area contributed by atoms with Crippen molar-refractivity contribution in [2.75, 3.05) is 37.6 Å². The molecular formula is C16H21N5O2. The SMILES string of the molecule is C[C@H](NC(=O)CN1CCN(c2ncccn2)CC1)c1ccco1. The average molecular weight is 315 g/mol. The van der Waals surface area contributed by atoms with E-state index < -0.39 is 0 Å². The molecule has 0 spiro atoms. The minimum Gasteiger partial charge on any atom is -0.467 e. The molecule has 7 nitrogen and oxygen atoms in total. The molecular weight excluding hydrogens is 294 g/mol. The van der Waals surface area contributed by atoms with Gasteiger partial charge in [-0.25, -0.2) is 9.97 Å². The number of carbonyl (C=O) groups is 1. The van der Waals surface area contributed by atoms with Gasteiger partial charge in [0, 0.05) is 38.6 Å². The first-order chi connectivity index (χ1) is 11.2. The minimum atomic E-state index is -0.114. The second-order valence-electron chi connectivity index (χ2n) is 5.62. The van der Waals surface area contributed by atoms with Crippen LogP contribution in [0.5, 0.6) is 0 Å². The molecule has 0 saturated carbocycles. The molecule has 3 heterocycles. The van der Waals surface area contributed by atoms with E-state index in [2.05, 4.69) is 25.1 Å². The molecule has 1 fully saturated rings. The third kappa shape index (κ3) is 4.07. The Morgan fingerprint density at radius 3 is 2.65 bits per heavy atom. The van der Waals surface area contributed by atoms with Crippen molar-refractivity contribution in [1.82, 2.24) is 20.2 Å². The number of aromatic nitrogens is 2. The third-order valence-electron chi connectivity index (χ3n) is 3.92. The smallest absolute Gasteiger partial charge is 0.234 e. The van der Waals surface area contributed by atoms with Gasteiger partial charge in [-0.2, -0.15) is 0 Å². The van der Waals surface area contributed by atoms with Gasteiger partial charge in [-0.1, -0.05) is 0 Å². The molecule has 0 unspecified atom stereocenters. The first kappa shape index (κ1) is 15.5. The van der Waals surface area contributed by atoms with E-state index in [9.17, 15) is 4.79 Å². The number of nitrogens with one attached hydrogen (secondary N) is 1. The summed E-state index contributed by atoms with van der Waals surface area (Å²) < 4.78 is 5.30. The van der Waals surface area contributed by atoms with Gasteiger partial charge in [0.1, 0.15) is 5.76 Å². The lowest BCUT2D eigenvalue weighted by Crippen LogP contribution is -2.50. The number of piperazine rings is 1. The van der Waals surface area contributed by atoms with Gasteiger partial charge >= 0.3 is 0 Å². The van der Waals surface area contributed by atoms with Crippen molar-refractivity contribution in [3.05, 3.63) is 42.6 Å². The number of carbonyl (C=O) groups excluding carboxylic acids is 1. The summed E-state index contributed by atoms with van der Waals surface area (Å²) in [6.45, 7) is 5.60. The summed E-state index contributed by atoms with van der Waals surface area (Å²) >= 11 is 0. The number of hydrogen-bond donors (Lipinski definition) is 1. The van der Waals surface area contributed by atoms with Crippen LogP contribution in [0.4, 0.5) is 5.95 Å². The predicted octanol–water partition coefficient (Wildman–Crippen LogP) is 1.07. The van der Waals surface area contributed by atoms with Crippen LogP contribution < -0.4 is 10.2 Å². The molecule has 1 aliphatic rings. The van der Waals surface area contributed by atoms with Crippen LogP contribution in [0.2, 0.25) is 0 Å². The predicted molar refractivity (Wildman–Crippen MR) is 86.0 cm³/mol. The van der Waals surface area contributed by atoms with E-state index in [0.29, 0.717) is 6.54 Å². The molecule has 1 amide bonds. The molecule has 122 valence electrons. The van der Waals surface area contributed by atoms with Crippen LogP contribution in [0.15, 0.2) is 41.3 Å². The molecule has 0 bridgehead atoms. The second-order valence-corrected chi connectivity index (χ2v) is 5.62. The molecule has 1 saturated heterocycles. The topological polar surface area (TPSA) is 74.5 Å². The highest BCUT2D eigenvalue weighted by Gasteiger charge is 2.21. The molecule has 2 aromatic rings. The highest BCUT2D eigenvalue weighted by molar-refractivity contribution is 5.78. The molecule has 23 heavy (non-hydrogen) atoms. The lowest BCUT2D eigenvalue weighted by Gasteiger charge is -2.34. The molecule has 1 N–H and O–H groups in total. The van der Waals surface area contributed by atoms with Crippen LogP contribution in [0.1, 0.15) is 18.7 Å². The fourth-order valence-electron chi connectivity index (χ4n) is 2.66. The lowest BCUT2D eigenvalue weighted by atomic mass is 10.2. The van der Waals surface area contributed by atoms with E-state index in [-0.39, 0.29) is 11.9 Å². The van der Waals surface area contributed by atoms with Crippen molar-refractivity contribution < 1.29 is 9.21 Å². The van der Waals surface area contributed by atoms with Gasteiger partial charge in [0.15, 0.2) is 0 Å². The molecule has 0 aromatic carbocycles. The van der Waals surface area contributed by atoms with Gasteiger partial charge in [0.25, 0.3) is 0 Å². The third-order valence-corrected chi connectivity index (χ3v) is 3.92. The normalized spacial score (nSPS) is 17.0. The Hall–Kier alpha value is -2.41. The molecule has 2 aromatic heterocycles. The van der Waals surface area contributed by atoms with E-state index in [1.807, 2.05) is 25.1 Å². The quantitative estimate of drug-likeness (QED) is 0.889. The Bertz CT molecular complexity index is 609. The Morgan fingerprint density at radius 1 is 1.26 bits per heavy atom. The van der Waals surface area contributed by atoms with Crippen LogP contribution in [-0.2, 0) is 4.79 Å². The van der Waals surface area contributed by atoms with Crippen LogP contribution in [0.3, 0.4) is 0 Å². The van der Waals surface area contributed by atoms with Gasteiger partial charge in [-0.15, -0.1) is 0 Å². The number of rotatable bonds is 5. The van der Waals surface area contributed by atoms with Crippen molar-refractivity contribution in [3.63, 3.8) is 0 Å². The van der Waals surface area contributed by atoms with Crippen molar-refractivity contribution in [2.24, 2.45) is 0 Å². The second kappa shape index (κ2) is 7.23. The van der Waals surface area contributed by atoms with Gasteiger partial charge in [-0.3, -0.25) is 9.69 Å². The molecule has 1 atom stereocenters. The van der Waals surface area contributed by atoms with Crippen LogP contribution >= 0.6 is 0 Å². The maximum Gasteiger partial charge on any atom is 0.234 e. The van der Waals surface area contributed by atoms with Crippen molar-refractivity contribution >= 4 is 11.9 Å². The van der Waals surface area contributed by atoms with Crippen LogP contribution in [-0.4, -0.2) is 53.5 Å². The lowest BCUT2D eigenvalue weighted by molar-refractivity contribution is -0.123. The minimum absolute atomic E-state index is 0.0123.